The van der Waals surface area contributed by atoms with Crippen LogP contribution in [0.2, 0.25) is 0 Å². The van der Waals surface area contributed by atoms with Gasteiger partial charge in [-0.05, 0) is 38.8 Å². The van der Waals surface area contributed by atoms with Crippen LogP contribution in [-0.4, -0.2) is 63.4 Å². The average Bonchev–Trinajstić information content (AvgIpc) is 2.72. The summed E-state index contributed by atoms with van der Waals surface area (Å²) in [5.41, 5.74) is 0. The van der Waals surface area contributed by atoms with Gasteiger partial charge in [-0.3, -0.25) is 4.79 Å². The van der Waals surface area contributed by atoms with Crippen molar-refractivity contribution >= 4 is 15.9 Å². The lowest BCUT2D eigenvalue weighted by atomic mass is 9.95. The van der Waals surface area contributed by atoms with E-state index in [9.17, 15) is 13.2 Å². The third kappa shape index (κ3) is 4.97. The molecule has 0 N–H and O–H groups in total. The first-order valence-corrected chi connectivity index (χ1v) is 11.3. The van der Waals surface area contributed by atoms with Gasteiger partial charge in [0.25, 0.3) is 0 Å². The molecule has 0 spiro atoms. The van der Waals surface area contributed by atoms with Crippen molar-refractivity contribution in [1.82, 2.24) is 9.21 Å². The Bertz CT molecular complexity index is 756. The molecule has 0 radical (unpaired) electrons. The Kier molecular flexibility index (Phi) is 8.12. The molecule has 1 aliphatic rings. The third-order valence-corrected chi connectivity index (χ3v) is 7.25. The molecule has 0 heterocycles. The zero-order chi connectivity index (χ0) is 20.7. The van der Waals surface area contributed by atoms with Crippen LogP contribution in [0.3, 0.4) is 0 Å². The van der Waals surface area contributed by atoms with E-state index in [1.54, 1.807) is 11.0 Å². The summed E-state index contributed by atoms with van der Waals surface area (Å²) in [6, 6.07) is 4.39. The van der Waals surface area contributed by atoms with Gasteiger partial charge < -0.3 is 14.4 Å². The third-order valence-electron chi connectivity index (χ3n) is 5.35. The predicted octanol–water partition coefficient (Wildman–Crippen LogP) is 2.90. The first-order valence-electron chi connectivity index (χ1n) is 9.90. The molecule has 1 aromatic rings. The predicted molar refractivity (Wildman–Crippen MR) is 108 cm³/mol. The van der Waals surface area contributed by atoms with Gasteiger partial charge in [-0.2, -0.15) is 4.31 Å². The number of nitrogens with zero attached hydrogens (tertiary/aromatic N) is 2. The highest BCUT2D eigenvalue weighted by Gasteiger charge is 2.35. The van der Waals surface area contributed by atoms with Crippen molar-refractivity contribution in [1.29, 1.82) is 0 Å². The molecule has 0 unspecified atom stereocenters. The van der Waals surface area contributed by atoms with E-state index < -0.39 is 10.0 Å². The zero-order valence-corrected chi connectivity index (χ0v) is 18.1. The number of hydrogen-bond acceptors (Lipinski definition) is 5. The molecule has 0 aliphatic heterocycles. The van der Waals surface area contributed by atoms with Gasteiger partial charge in [-0.1, -0.05) is 19.3 Å². The number of benzene rings is 1. The molecule has 0 saturated heterocycles. The lowest BCUT2D eigenvalue weighted by Gasteiger charge is -2.34. The SMILES string of the molecule is CCN(CC)C(=O)CN(C1CCCCC1)S(=O)(=O)c1ccc(OC)c(OC)c1. The van der Waals surface area contributed by atoms with Crippen molar-refractivity contribution in [2.75, 3.05) is 33.9 Å². The van der Waals surface area contributed by atoms with Crippen LogP contribution in [-0.2, 0) is 14.8 Å². The first-order chi connectivity index (χ1) is 13.4. The van der Waals surface area contributed by atoms with Crippen LogP contribution in [0.15, 0.2) is 23.1 Å². The molecule has 1 amide bonds. The smallest absolute Gasteiger partial charge is 0.243 e. The summed E-state index contributed by atoms with van der Waals surface area (Å²) in [5.74, 6) is 0.645. The maximum Gasteiger partial charge on any atom is 0.243 e. The normalized spacial score (nSPS) is 15.5. The molecule has 0 aromatic heterocycles. The molecule has 1 fully saturated rings. The van der Waals surface area contributed by atoms with E-state index in [0.717, 1.165) is 32.1 Å². The maximum absolute atomic E-state index is 13.5. The number of hydrogen-bond donors (Lipinski definition) is 0. The minimum Gasteiger partial charge on any atom is -0.493 e. The van der Waals surface area contributed by atoms with E-state index in [2.05, 4.69) is 0 Å². The summed E-state index contributed by atoms with van der Waals surface area (Å²) in [6.45, 7) is 4.78. The van der Waals surface area contributed by atoms with E-state index in [-0.39, 0.29) is 23.4 Å². The van der Waals surface area contributed by atoms with Crippen LogP contribution in [0.25, 0.3) is 0 Å². The molecule has 28 heavy (non-hydrogen) atoms. The van der Waals surface area contributed by atoms with Gasteiger partial charge >= 0.3 is 0 Å². The van der Waals surface area contributed by atoms with Gasteiger partial charge in [0.05, 0.1) is 25.7 Å². The number of carbonyl (C=O) groups excluding carboxylic acids is 1. The molecular formula is C20H32N2O5S. The molecule has 1 aliphatic carbocycles. The maximum atomic E-state index is 13.5. The van der Waals surface area contributed by atoms with E-state index in [1.165, 1.54) is 30.7 Å². The fourth-order valence-corrected chi connectivity index (χ4v) is 5.35. The van der Waals surface area contributed by atoms with Crippen molar-refractivity contribution in [3.8, 4) is 11.5 Å². The van der Waals surface area contributed by atoms with E-state index in [1.807, 2.05) is 13.8 Å². The quantitative estimate of drug-likeness (QED) is 0.623. The molecular weight excluding hydrogens is 380 g/mol. The van der Waals surface area contributed by atoms with E-state index in [0.29, 0.717) is 24.6 Å². The Balaban J connectivity index is 2.41. The highest BCUT2D eigenvalue weighted by atomic mass is 32.2. The van der Waals surface area contributed by atoms with Crippen LogP contribution >= 0.6 is 0 Å². The van der Waals surface area contributed by atoms with Crippen LogP contribution in [0, 0.1) is 0 Å². The number of methoxy groups -OCH3 is 2. The Hall–Kier alpha value is -1.80. The molecule has 0 atom stereocenters. The van der Waals surface area contributed by atoms with Crippen LogP contribution in [0.1, 0.15) is 46.0 Å². The number of amides is 1. The largest absolute Gasteiger partial charge is 0.493 e. The second kappa shape index (κ2) is 10.1. The Morgan fingerprint density at radius 1 is 1.04 bits per heavy atom. The summed E-state index contributed by atoms with van der Waals surface area (Å²) >= 11 is 0. The van der Waals surface area contributed by atoms with E-state index >= 15 is 0 Å². The van der Waals surface area contributed by atoms with Crippen LogP contribution < -0.4 is 9.47 Å². The number of sulfonamides is 1. The summed E-state index contributed by atoms with van der Waals surface area (Å²) in [7, 11) is -0.881. The van der Waals surface area contributed by atoms with Crippen molar-refractivity contribution in [2.24, 2.45) is 0 Å². The lowest BCUT2D eigenvalue weighted by molar-refractivity contribution is -0.131. The van der Waals surface area contributed by atoms with Gasteiger partial charge in [0, 0.05) is 25.2 Å². The Labute approximate surface area is 168 Å². The molecule has 8 heteroatoms. The highest BCUT2D eigenvalue weighted by molar-refractivity contribution is 7.89. The van der Waals surface area contributed by atoms with Crippen LogP contribution in [0.4, 0.5) is 0 Å². The Morgan fingerprint density at radius 2 is 1.64 bits per heavy atom. The number of rotatable bonds is 9. The molecule has 7 nitrogen and oxygen atoms in total. The average molecular weight is 413 g/mol. The van der Waals surface area contributed by atoms with Gasteiger partial charge in [-0.15, -0.1) is 0 Å². The fraction of sp³-hybridized carbons (Fsp3) is 0.650. The summed E-state index contributed by atoms with van der Waals surface area (Å²) in [4.78, 5) is 14.5. The zero-order valence-electron chi connectivity index (χ0n) is 17.3. The van der Waals surface area contributed by atoms with Gasteiger partial charge in [0.2, 0.25) is 15.9 Å². The minimum atomic E-state index is -3.85. The second-order valence-corrected chi connectivity index (χ2v) is 8.82. The van der Waals surface area contributed by atoms with Gasteiger partial charge in [0.15, 0.2) is 11.5 Å². The first kappa shape index (κ1) is 22.5. The molecule has 158 valence electrons. The topological polar surface area (TPSA) is 76.2 Å². The summed E-state index contributed by atoms with van der Waals surface area (Å²) in [5, 5.41) is 0. The fourth-order valence-electron chi connectivity index (χ4n) is 3.70. The highest BCUT2D eigenvalue weighted by Crippen LogP contribution is 2.33. The van der Waals surface area contributed by atoms with Gasteiger partial charge in [-0.25, -0.2) is 8.42 Å². The molecule has 2 rings (SSSR count). The number of likely N-dealkylation sites (N-methyl/N-ethyl adjacent to an activating group) is 1. The van der Waals surface area contributed by atoms with Crippen molar-refractivity contribution in [2.45, 2.75) is 56.9 Å². The van der Waals surface area contributed by atoms with E-state index in [4.69, 9.17) is 9.47 Å². The van der Waals surface area contributed by atoms with Crippen molar-refractivity contribution in [3.05, 3.63) is 18.2 Å². The monoisotopic (exact) mass is 412 g/mol. The molecule has 1 aromatic carbocycles. The molecule has 1 saturated carbocycles. The second-order valence-electron chi connectivity index (χ2n) is 6.92. The number of carbonyl (C=O) groups is 1. The summed E-state index contributed by atoms with van der Waals surface area (Å²) < 4.78 is 38.9. The van der Waals surface area contributed by atoms with Crippen molar-refractivity contribution < 1.29 is 22.7 Å². The standard InChI is InChI=1S/C20H32N2O5S/c1-5-21(6-2)20(23)15-22(16-10-8-7-9-11-16)28(24,25)17-12-13-18(26-3)19(14-17)27-4/h12-14,16H,5-11,15H2,1-4H3. The number of ether oxygens (including phenoxy) is 2. The lowest BCUT2D eigenvalue weighted by Crippen LogP contribution is -2.48. The minimum absolute atomic E-state index is 0.114. The van der Waals surface area contributed by atoms with Crippen molar-refractivity contribution in [3.63, 3.8) is 0 Å². The Morgan fingerprint density at radius 3 is 2.18 bits per heavy atom. The molecule has 0 bridgehead atoms. The summed E-state index contributed by atoms with van der Waals surface area (Å²) in [6.07, 6.45) is 4.60. The van der Waals surface area contributed by atoms with Crippen LogP contribution in [0.5, 0.6) is 11.5 Å². The van der Waals surface area contributed by atoms with Gasteiger partial charge in [0.1, 0.15) is 0 Å².